The third kappa shape index (κ3) is 2.55. The minimum atomic E-state index is -0.744. The van der Waals surface area contributed by atoms with E-state index in [4.69, 9.17) is 0 Å². The number of nitrogens with zero attached hydrogens (tertiary/aromatic N) is 5. The van der Waals surface area contributed by atoms with Gasteiger partial charge in [-0.3, -0.25) is 18.7 Å². The molecule has 1 amide bonds. The Kier molecular flexibility index (Phi) is 4.03. The van der Waals surface area contributed by atoms with E-state index in [2.05, 4.69) is 4.98 Å². The van der Waals surface area contributed by atoms with E-state index < -0.39 is 17.3 Å². The van der Waals surface area contributed by atoms with E-state index in [-0.39, 0.29) is 17.1 Å². The molecule has 0 aliphatic carbocycles. The van der Waals surface area contributed by atoms with E-state index in [0.717, 1.165) is 10.1 Å². The van der Waals surface area contributed by atoms with Crippen molar-refractivity contribution in [2.24, 2.45) is 14.1 Å². The normalized spacial score (nSPS) is 12.3. The van der Waals surface area contributed by atoms with Crippen LogP contribution in [-0.4, -0.2) is 43.6 Å². The van der Waals surface area contributed by atoms with Crippen molar-refractivity contribution in [2.75, 3.05) is 14.1 Å². The third-order valence-electron chi connectivity index (χ3n) is 4.24. The van der Waals surface area contributed by atoms with Gasteiger partial charge in [0, 0.05) is 28.2 Å². The van der Waals surface area contributed by atoms with Crippen LogP contribution in [0.2, 0.25) is 0 Å². The Hall–Kier alpha value is -3.16. The summed E-state index contributed by atoms with van der Waals surface area (Å²) in [4.78, 5) is 43.3. The third-order valence-corrected chi connectivity index (χ3v) is 4.24. The number of aryl methyl sites for hydroxylation is 1. The van der Waals surface area contributed by atoms with Crippen LogP contribution < -0.4 is 11.2 Å². The second-order valence-electron chi connectivity index (χ2n) is 6.08. The maximum atomic E-state index is 12.8. The van der Waals surface area contributed by atoms with Gasteiger partial charge in [0.2, 0.25) is 5.91 Å². The van der Waals surface area contributed by atoms with Gasteiger partial charge < -0.3 is 9.47 Å². The van der Waals surface area contributed by atoms with Gasteiger partial charge in [0.15, 0.2) is 11.2 Å². The fourth-order valence-electron chi connectivity index (χ4n) is 2.86. The fraction of sp³-hybridized carbons (Fsp3) is 0.294. The van der Waals surface area contributed by atoms with Crippen molar-refractivity contribution in [1.29, 1.82) is 0 Å². The van der Waals surface area contributed by atoms with Gasteiger partial charge in [-0.15, -0.1) is 0 Å². The zero-order chi connectivity index (χ0) is 18.3. The minimum absolute atomic E-state index is 0.193. The summed E-state index contributed by atoms with van der Waals surface area (Å²) in [5.74, 6) is -0.193. The van der Waals surface area contributed by atoms with Gasteiger partial charge in [-0.25, -0.2) is 9.78 Å². The molecule has 0 fully saturated rings. The molecule has 130 valence electrons. The van der Waals surface area contributed by atoms with Crippen LogP contribution in [0.4, 0.5) is 0 Å². The molecule has 3 aromatic rings. The van der Waals surface area contributed by atoms with E-state index in [9.17, 15) is 14.4 Å². The highest BCUT2D eigenvalue weighted by molar-refractivity contribution is 5.85. The van der Waals surface area contributed by atoms with Gasteiger partial charge >= 0.3 is 5.69 Å². The first kappa shape index (κ1) is 16.7. The molecule has 25 heavy (non-hydrogen) atoms. The molecule has 8 heteroatoms. The molecular weight excluding hydrogens is 322 g/mol. The summed E-state index contributed by atoms with van der Waals surface area (Å²) in [7, 11) is 6.27. The first-order chi connectivity index (χ1) is 11.8. The molecule has 0 aliphatic rings. The van der Waals surface area contributed by atoms with Crippen molar-refractivity contribution in [3.63, 3.8) is 0 Å². The Bertz CT molecular complexity index is 1060. The molecule has 0 bridgehead atoms. The van der Waals surface area contributed by atoms with Crippen LogP contribution >= 0.6 is 0 Å². The number of amides is 1. The van der Waals surface area contributed by atoms with Crippen molar-refractivity contribution in [3.05, 3.63) is 63.1 Å². The molecule has 0 saturated heterocycles. The average Bonchev–Trinajstić information content (AvgIpc) is 3.04. The molecule has 2 aromatic heterocycles. The second-order valence-corrected chi connectivity index (χ2v) is 6.08. The Labute approximate surface area is 143 Å². The smallest absolute Gasteiger partial charge is 0.332 e. The molecule has 0 N–H and O–H groups in total. The molecule has 8 nitrogen and oxygen atoms in total. The van der Waals surface area contributed by atoms with E-state index in [1.165, 1.54) is 27.4 Å². The maximum absolute atomic E-state index is 12.8. The van der Waals surface area contributed by atoms with Crippen LogP contribution in [0.25, 0.3) is 11.2 Å². The number of imidazole rings is 1. The van der Waals surface area contributed by atoms with Crippen molar-refractivity contribution in [2.45, 2.75) is 6.04 Å². The highest BCUT2D eigenvalue weighted by atomic mass is 16.2. The standard InChI is InChI=1S/C17H19N5O3/c1-19(2)15(23)12(11-8-6-5-7-9-11)22-10-18-14-13(22)16(24)21(4)17(25)20(14)3/h5-10,12H,1-4H3/t12-/m0/s1. The van der Waals surface area contributed by atoms with Crippen LogP contribution in [0.5, 0.6) is 0 Å². The summed E-state index contributed by atoms with van der Waals surface area (Å²) < 4.78 is 3.85. The van der Waals surface area contributed by atoms with Crippen molar-refractivity contribution >= 4 is 17.1 Å². The number of likely N-dealkylation sites (N-methyl/N-ethyl adjacent to an activating group) is 1. The molecule has 1 aromatic carbocycles. The number of carbonyl (C=O) groups is 1. The molecule has 3 rings (SSSR count). The van der Waals surface area contributed by atoms with Crippen LogP contribution in [0.1, 0.15) is 11.6 Å². The lowest BCUT2D eigenvalue weighted by molar-refractivity contribution is -0.130. The number of carbonyl (C=O) groups excluding carboxylic acids is 1. The predicted molar refractivity (Wildman–Crippen MR) is 93.5 cm³/mol. The number of hydrogen-bond donors (Lipinski definition) is 0. The van der Waals surface area contributed by atoms with E-state index in [1.807, 2.05) is 30.3 Å². The largest absolute Gasteiger partial charge is 0.347 e. The first-order valence-electron chi connectivity index (χ1n) is 7.73. The summed E-state index contributed by atoms with van der Waals surface area (Å²) in [6.07, 6.45) is 1.44. The molecule has 0 unspecified atom stereocenters. The van der Waals surface area contributed by atoms with Crippen molar-refractivity contribution < 1.29 is 4.79 Å². The molecule has 1 atom stereocenters. The van der Waals surface area contributed by atoms with E-state index >= 15 is 0 Å². The molecule has 2 heterocycles. The lowest BCUT2D eigenvalue weighted by Crippen LogP contribution is -2.39. The molecule has 0 spiro atoms. The zero-order valence-electron chi connectivity index (χ0n) is 14.5. The Morgan fingerprint density at radius 3 is 2.32 bits per heavy atom. The van der Waals surface area contributed by atoms with Gasteiger partial charge in [0.1, 0.15) is 6.04 Å². The molecule has 0 aliphatic heterocycles. The summed E-state index contributed by atoms with van der Waals surface area (Å²) >= 11 is 0. The lowest BCUT2D eigenvalue weighted by Gasteiger charge is -2.22. The summed E-state index contributed by atoms with van der Waals surface area (Å²) in [5, 5.41) is 0. The summed E-state index contributed by atoms with van der Waals surface area (Å²) in [6, 6.07) is 8.42. The number of fused-ring (bicyclic) bond motifs is 1. The Morgan fingerprint density at radius 2 is 1.72 bits per heavy atom. The van der Waals surface area contributed by atoms with Crippen LogP contribution in [0, 0.1) is 0 Å². The van der Waals surface area contributed by atoms with Gasteiger partial charge in [-0.2, -0.15) is 0 Å². The van der Waals surface area contributed by atoms with Crippen LogP contribution in [0.3, 0.4) is 0 Å². The molecular formula is C17H19N5O3. The SMILES string of the molecule is CN(C)C(=O)[C@H](c1ccccc1)n1cnc2c1c(=O)n(C)c(=O)n2C. The number of hydrogen-bond acceptors (Lipinski definition) is 4. The minimum Gasteiger partial charge on any atom is -0.347 e. The van der Waals surface area contributed by atoms with Crippen molar-refractivity contribution in [1.82, 2.24) is 23.6 Å². The number of rotatable bonds is 3. The molecule has 0 saturated carbocycles. The number of aromatic nitrogens is 4. The Balaban J connectivity index is 2.37. The summed E-state index contributed by atoms with van der Waals surface area (Å²) in [6.45, 7) is 0. The highest BCUT2D eigenvalue weighted by Crippen LogP contribution is 2.23. The van der Waals surface area contributed by atoms with Gasteiger partial charge in [0.05, 0.1) is 6.33 Å². The lowest BCUT2D eigenvalue weighted by atomic mass is 10.1. The fourth-order valence-corrected chi connectivity index (χ4v) is 2.86. The van der Waals surface area contributed by atoms with Gasteiger partial charge in [-0.1, -0.05) is 30.3 Å². The van der Waals surface area contributed by atoms with Crippen LogP contribution in [-0.2, 0) is 18.9 Å². The average molecular weight is 341 g/mol. The highest BCUT2D eigenvalue weighted by Gasteiger charge is 2.27. The Morgan fingerprint density at radius 1 is 1.08 bits per heavy atom. The second kappa shape index (κ2) is 6.04. The first-order valence-corrected chi connectivity index (χ1v) is 7.73. The maximum Gasteiger partial charge on any atom is 0.332 e. The monoisotopic (exact) mass is 341 g/mol. The van der Waals surface area contributed by atoms with Gasteiger partial charge in [-0.05, 0) is 5.56 Å². The van der Waals surface area contributed by atoms with Gasteiger partial charge in [0.25, 0.3) is 5.56 Å². The number of benzene rings is 1. The molecule has 0 radical (unpaired) electrons. The zero-order valence-corrected chi connectivity index (χ0v) is 14.5. The predicted octanol–water partition coefficient (Wildman–Crippen LogP) is 0.111. The quantitative estimate of drug-likeness (QED) is 0.677. The van der Waals surface area contributed by atoms with Crippen LogP contribution in [0.15, 0.2) is 46.2 Å². The summed E-state index contributed by atoms with van der Waals surface area (Å²) in [5.41, 5.74) is 0.256. The van der Waals surface area contributed by atoms with E-state index in [0.29, 0.717) is 0 Å². The van der Waals surface area contributed by atoms with Crippen molar-refractivity contribution in [3.8, 4) is 0 Å². The topological polar surface area (TPSA) is 82.1 Å². The van der Waals surface area contributed by atoms with E-state index in [1.54, 1.807) is 21.1 Å².